The number of hydrogen-bond acceptors (Lipinski definition) is 4. The Morgan fingerprint density at radius 3 is 2.57 bits per heavy atom. The predicted octanol–water partition coefficient (Wildman–Crippen LogP) is 4.27. The molecule has 1 N–H and O–H groups in total. The molecule has 150 valence electrons. The molecular formula is C21H24Cl2N2O3. The second-order valence-electron chi connectivity index (χ2n) is 6.73. The molecule has 0 radical (unpaired) electrons. The smallest absolute Gasteiger partial charge is 0.265 e. The van der Waals surface area contributed by atoms with Crippen LogP contribution in [0.25, 0.3) is 0 Å². The number of halogens is 2. The van der Waals surface area contributed by atoms with E-state index in [9.17, 15) is 4.79 Å². The summed E-state index contributed by atoms with van der Waals surface area (Å²) in [6.07, 6.45) is 0.280. The number of nitrogens with one attached hydrogen (secondary N) is 1. The summed E-state index contributed by atoms with van der Waals surface area (Å²) < 4.78 is 11.0. The molecule has 2 aromatic rings. The number of rotatable bonds is 7. The van der Waals surface area contributed by atoms with Crippen molar-refractivity contribution in [2.24, 2.45) is 0 Å². The number of carbonyl (C=O) groups is 1. The number of morpholine rings is 1. The molecular weight excluding hydrogens is 399 g/mol. The molecule has 1 saturated heterocycles. The molecule has 5 nitrogen and oxygen atoms in total. The Labute approximate surface area is 175 Å². The Hall–Kier alpha value is -1.79. The van der Waals surface area contributed by atoms with E-state index in [-0.39, 0.29) is 5.91 Å². The Morgan fingerprint density at radius 1 is 1.18 bits per heavy atom. The van der Waals surface area contributed by atoms with Crippen LogP contribution in [0.4, 0.5) is 5.69 Å². The highest BCUT2D eigenvalue weighted by molar-refractivity contribution is 6.35. The van der Waals surface area contributed by atoms with E-state index >= 15 is 0 Å². The summed E-state index contributed by atoms with van der Waals surface area (Å²) in [7, 11) is 0. The van der Waals surface area contributed by atoms with Crippen molar-refractivity contribution in [2.45, 2.75) is 19.4 Å². The van der Waals surface area contributed by atoms with Crippen LogP contribution in [-0.2, 0) is 16.0 Å². The van der Waals surface area contributed by atoms with E-state index in [2.05, 4.69) is 10.2 Å². The lowest BCUT2D eigenvalue weighted by Gasteiger charge is -2.26. The molecule has 1 aliphatic rings. The molecule has 0 aliphatic carbocycles. The van der Waals surface area contributed by atoms with Gasteiger partial charge in [-0.1, -0.05) is 35.3 Å². The zero-order valence-corrected chi connectivity index (χ0v) is 17.3. The van der Waals surface area contributed by atoms with Gasteiger partial charge in [0.05, 0.1) is 18.2 Å². The molecule has 0 spiro atoms. The van der Waals surface area contributed by atoms with Crippen molar-refractivity contribution in [3.05, 3.63) is 58.1 Å². The Kier molecular flexibility index (Phi) is 7.57. The minimum atomic E-state index is -0.695. The number of nitrogens with zero attached hydrogens (tertiary/aromatic N) is 1. The SMILES string of the molecule is CC(Oc1ccc(Cl)cc1Cl)C(=O)Nc1ccc(CCN2CCOCC2)cc1. The van der Waals surface area contributed by atoms with Crippen LogP contribution >= 0.6 is 23.2 Å². The summed E-state index contributed by atoms with van der Waals surface area (Å²) in [4.78, 5) is 14.8. The van der Waals surface area contributed by atoms with E-state index in [1.807, 2.05) is 24.3 Å². The average Bonchev–Trinajstić information content (AvgIpc) is 2.70. The molecule has 0 saturated carbocycles. The summed E-state index contributed by atoms with van der Waals surface area (Å²) in [6, 6.07) is 12.8. The molecule has 1 atom stereocenters. The first kappa shape index (κ1) is 20.9. The summed E-state index contributed by atoms with van der Waals surface area (Å²) in [6.45, 7) is 6.30. The minimum absolute atomic E-state index is 0.243. The molecule has 1 amide bonds. The zero-order chi connectivity index (χ0) is 19.9. The van der Waals surface area contributed by atoms with Crippen molar-refractivity contribution in [2.75, 3.05) is 38.2 Å². The van der Waals surface area contributed by atoms with Crippen molar-refractivity contribution < 1.29 is 14.3 Å². The minimum Gasteiger partial charge on any atom is -0.479 e. The molecule has 0 bridgehead atoms. The van der Waals surface area contributed by atoms with Gasteiger partial charge in [0.25, 0.3) is 5.91 Å². The van der Waals surface area contributed by atoms with Crippen LogP contribution in [0.1, 0.15) is 12.5 Å². The summed E-state index contributed by atoms with van der Waals surface area (Å²) >= 11 is 12.0. The van der Waals surface area contributed by atoms with Gasteiger partial charge in [-0.15, -0.1) is 0 Å². The van der Waals surface area contributed by atoms with Gasteiger partial charge in [-0.3, -0.25) is 9.69 Å². The van der Waals surface area contributed by atoms with Crippen molar-refractivity contribution in [1.82, 2.24) is 4.90 Å². The summed E-state index contributed by atoms with van der Waals surface area (Å²) in [5, 5.41) is 3.75. The molecule has 3 rings (SSSR count). The van der Waals surface area contributed by atoms with Gasteiger partial charge in [-0.2, -0.15) is 0 Å². The first-order chi connectivity index (χ1) is 13.5. The molecule has 2 aromatic carbocycles. The fourth-order valence-corrected chi connectivity index (χ4v) is 3.38. The maximum Gasteiger partial charge on any atom is 0.265 e. The Bertz CT molecular complexity index is 793. The standard InChI is InChI=1S/C21H24Cl2N2O3/c1-15(28-20-7-4-17(22)14-19(20)23)21(26)24-18-5-2-16(3-6-18)8-9-25-10-12-27-13-11-25/h2-7,14-15H,8-13H2,1H3,(H,24,26). The second kappa shape index (κ2) is 10.1. The first-order valence-electron chi connectivity index (χ1n) is 9.33. The number of amides is 1. The first-order valence-corrected chi connectivity index (χ1v) is 10.1. The normalized spacial score (nSPS) is 15.8. The quantitative estimate of drug-likeness (QED) is 0.723. The Balaban J connectivity index is 1.49. The van der Waals surface area contributed by atoms with E-state index in [4.69, 9.17) is 32.7 Å². The number of anilines is 1. The molecule has 1 unspecified atom stereocenters. The van der Waals surface area contributed by atoms with E-state index < -0.39 is 6.10 Å². The van der Waals surface area contributed by atoms with Gasteiger partial charge in [0.15, 0.2) is 6.10 Å². The van der Waals surface area contributed by atoms with Crippen LogP contribution in [0, 0.1) is 0 Å². The number of benzene rings is 2. The third-order valence-electron chi connectivity index (χ3n) is 4.61. The molecule has 0 aromatic heterocycles. The van der Waals surface area contributed by atoms with Gasteiger partial charge in [0.1, 0.15) is 5.75 Å². The fourth-order valence-electron chi connectivity index (χ4n) is 2.93. The van der Waals surface area contributed by atoms with Crippen LogP contribution in [-0.4, -0.2) is 49.8 Å². The van der Waals surface area contributed by atoms with Crippen LogP contribution in [0.5, 0.6) is 5.75 Å². The third-order valence-corrected chi connectivity index (χ3v) is 5.14. The molecule has 28 heavy (non-hydrogen) atoms. The average molecular weight is 423 g/mol. The van der Waals surface area contributed by atoms with Crippen molar-refractivity contribution in [3.63, 3.8) is 0 Å². The van der Waals surface area contributed by atoms with Gasteiger partial charge in [-0.25, -0.2) is 0 Å². The van der Waals surface area contributed by atoms with Crippen molar-refractivity contribution in [1.29, 1.82) is 0 Å². The van der Waals surface area contributed by atoms with E-state index in [1.165, 1.54) is 5.56 Å². The maximum atomic E-state index is 12.4. The second-order valence-corrected chi connectivity index (χ2v) is 7.57. The van der Waals surface area contributed by atoms with Crippen LogP contribution in [0.2, 0.25) is 10.0 Å². The van der Waals surface area contributed by atoms with Gasteiger partial charge in [-0.05, 0) is 49.2 Å². The van der Waals surface area contributed by atoms with Gasteiger partial charge in [0, 0.05) is 30.3 Å². The van der Waals surface area contributed by atoms with Crippen molar-refractivity contribution in [3.8, 4) is 5.75 Å². The molecule has 1 heterocycles. The lowest BCUT2D eigenvalue weighted by Crippen LogP contribution is -2.37. The number of carbonyl (C=O) groups excluding carboxylic acids is 1. The van der Waals surface area contributed by atoms with E-state index in [0.717, 1.165) is 45.0 Å². The largest absolute Gasteiger partial charge is 0.479 e. The van der Waals surface area contributed by atoms with Crippen LogP contribution in [0.3, 0.4) is 0 Å². The van der Waals surface area contributed by atoms with Gasteiger partial charge < -0.3 is 14.8 Å². The highest BCUT2D eigenvalue weighted by Crippen LogP contribution is 2.28. The highest BCUT2D eigenvalue weighted by atomic mass is 35.5. The number of ether oxygens (including phenoxy) is 2. The summed E-state index contributed by atoms with van der Waals surface area (Å²) in [5.41, 5.74) is 1.97. The fraction of sp³-hybridized carbons (Fsp3) is 0.381. The molecule has 1 aliphatic heterocycles. The summed E-state index contributed by atoms with van der Waals surface area (Å²) in [5.74, 6) is 0.180. The van der Waals surface area contributed by atoms with Crippen molar-refractivity contribution >= 4 is 34.8 Å². The lowest BCUT2D eigenvalue weighted by atomic mass is 10.1. The molecule has 1 fully saturated rings. The number of hydrogen-bond donors (Lipinski definition) is 1. The topological polar surface area (TPSA) is 50.8 Å². The third kappa shape index (κ3) is 6.11. The predicted molar refractivity (Wildman–Crippen MR) is 113 cm³/mol. The van der Waals surface area contributed by atoms with Crippen LogP contribution in [0.15, 0.2) is 42.5 Å². The van der Waals surface area contributed by atoms with Gasteiger partial charge >= 0.3 is 0 Å². The van der Waals surface area contributed by atoms with Gasteiger partial charge in [0.2, 0.25) is 0 Å². The van der Waals surface area contributed by atoms with Crippen LogP contribution < -0.4 is 10.1 Å². The zero-order valence-electron chi connectivity index (χ0n) is 15.8. The Morgan fingerprint density at radius 2 is 1.89 bits per heavy atom. The van der Waals surface area contributed by atoms with E-state index in [1.54, 1.807) is 25.1 Å². The maximum absolute atomic E-state index is 12.4. The molecule has 7 heteroatoms. The monoisotopic (exact) mass is 422 g/mol. The van der Waals surface area contributed by atoms with E-state index in [0.29, 0.717) is 15.8 Å². The highest BCUT2D eigenvalue weighted by Gasteiger charge is 2.16. The lowest BCUT2D eigenvalue weighted by molar-refractivity contribution is -0.122.